The van der Waals surface area contributed by atoms with E-state index in [-0.39, 0.29) is 12.3 Å². The van der Waals surface area contributed by atoms with Gasteiger partial charge in [-0.25, -0.2) is 0 Å². The van der Waals surface area contributed by atoms with E-state index in [9.17, 15) is 9.59 Å². The van der Waals surface area contributed by atoms with Crippen LogP contribution in [0.2, 0.25) is 0 Å². The van der Waals surface area contributed by atoms with Gasteiger partial charge in [-0.3, -0.25) is 9.59 Å². The zero-order valence-corrected chi connectivity index (χ0v) is 12.5. The van der Waals surface area contributed by atoms with Crippen LogP contribution in [0.25, 0.3) is 11.1 Å². The molecule has 0 aliphatic rings. The number of amides is 1. The second-order valence-electron chi connectivity index (χ2n) is 5.00. The van der Waals surface area contributed by atoms with Crippen molar-refractivity contribution in [3.05, 3.63) is 54.1 Å². The minimum absolute atomic E-state index is 0.0350. The number of carbonyl (C=O) groups excluding carboxylic acids is 1. The van der Waals surface area contributed by atoms with Gasteiger partial charge < -0.3 is 10.4 Å². The van der Waals surface area contributed by atoms with Gasteiger partial charge in [-0.1, -0.05) is 55.5 Å². The Bertz CT molecular complexity index is 665. The summed E-state index contributed by atoms with van der Waals surface area (Å²) in [6, 6.07) is 15.4. The standard InChI is InChI=1S/C18H19NO3/c1-2-16(20)19-18-14(11-12-17(21)22)9-6-10-15(18)13-7-4-3-5-8-13/h3-10H,2,11-12H2,1H3,(H,19,20)(H,21,22). The summed E-state index contributed by atoms with van der Waals surface area (Å²) >= 11 is 0. The van der Waals surface area contributed by atoms with E-state index < -0.39 is 5.97 Å². The molecule has 22 heavy (non-hydrogen) atoms. The van der Waals surface area contributed by atoms with Crippen LogP contribution in [0.4, 0.5) is 5.69 Å². The maximum absolute atomic E-state index is 11.8. The van der Waals surface area contributed by atoms with Crippen molar-refractivity contribution in [3.63, 3.8) is 0 Å². The monoisotopic (exact) mass is 297 g/mol. The Labute approximate surface area is 129 Å². The molecule has 0 bridgehead atoms. The van der Waals surface area contributed by atoms with Gasteiger partial charge in [0.1, 0.15) is 0 Å². The number of aryl methyl sites for hydroxylation is 1. The van der Waals surface area contributed by atoms with Crippen molar-refractivity contribution in [2.24, 2.45) is 0 Å². The van der Waals surface area contributed by atoms with Crippen molar-refractivity contribution < 1.29 is 14.7 Å². The smallest absolute Gasteiger partial charge is 0.303 e. The topological polar surface area (TPSA) is 66.4 Å². The van der Waals surface area contributed by atoms with Gasteiger partial charge in [0.2, 0.25) is 5.91 Å². The highest BCUT2D eigenvalue weighted by atomic mass is 16.4. The molecule has 1 amide bonds. The average molecular weight is 297 g/mol. The SMILES string of the molecule is CCC(=O)Nc1c(CCC(=O)O)cccc1-c1ccccc1. The summed E-state index contributed by atoms with van der Waals surface area (Å²) in [5, 5.41) is 11.8. The Morgan fingerprint density at radius 1 is 1.05 bits per heavy atom. The summed E-state index contributed by atoms with van der Waals surface area (Å²) in [6.45, 7) is 1.79. The van der Waals surface area contributed by atoms with Crippen molar-refractivity contribution in [3.8, 4) is 11.1 Å². The lowest BCUT2D eigenvalue weighted by Crippen LogP contribution is -2.13. The third-order valence-corrected chi connectivity index (χ3v) is 3.43. The lowest BCUT2D eigenvalue weighted by Gasteiger charge is -2.15. The van der Waals surface area contributed by atoms with Crippen molar-refractivity contribution in [2.45, 2.75) is 26.2 Å². The predicted octanol–water partition coefficient (Wildman–Crippen LogP) is 3.72. The van der Waals surface area contributed by atoms with Crippen LogP contribution < -0.4 is 5.32 Å². The molecule has 114 valence electrons. The van der Waals surface area contributed by atoms with E-state index in [1.54, 1.807) is 6.92 Å². The number of hydrogen-bond acceptors (Lipinski definition) is 2. The minimum Gasteiger partial charge on any atom is -0.481 e. The van der Waals surface area contributed by atoms with E-state index in [1.165, 1.54) is 0 Å². The molecule has 2 aromatic rings. The first-order valence-electron chi connectivity index (χ1n) is 7.30. The third kappa shape index (κ3) is 3.95. The van der Waals surface area contributed by atoms with Crippen LogP contribution in [0.3, 0.4) is 0 Å². The van der Waals surface area contributed by atoms with E-state index in [4.69, 9.17) is 5.11 Å². The number of carbonyl (C=O) groups is 2. The highest BCUT2D eigenvalue weighted by molar-refractivity contribution is 5.96. The molecule has 4 heteroatoms. The molecular weight excluding hydrogens is 278 g/mol. The Balaban J connectivity index is 2.45. The van der Waals surface area contributed by atoms with Crippen molar-refractivity contribution in [1.82, 2.24) is 0 Å². The summed E-state index contributed by atoms with van der Waals surface area (Å²) in [5.41, 5.74) is 3.45. The van der Waals surface area contributed by atoms with Crippen LogP contribution in [0, 0.1) is 0 Å². The largest absolute Gasteiger partial charge is 0.481 e. The number of para-hydroxylation sites is 1. The maximum Gasteiger partial charge on any atom is 0.303 e. The van der Waals surface area contributed by atoms with Crippen LogP contribution in [0.15, 0.2) is 48.5 Å². The summed E-state index contributed by atoms with van der Waals surface area (Å²) in [6.07, 6.45) is 0.796. The number of rotatable bonds is 6. The number of nitrogens with one attached hydrogen (secondary N) is 1. The molecule has 0 aliphatic heterocycles. The van der Waals surface area contributed by atoms with Gasteiger partial charge in [0.25, 0.3) is 0 Å². The average Bonchev–Trinajstić information content (AvgIpc) is 2.54. The van der Waals surface area contributed by atoms with Gasteiger partial charge in [0, 0.05) is 18.4 Å². The molecule has 0 radical (unpaired) electrons. The number of carboxylic acids is 1. The van der Waals surface area contributed by atoms with E-state index in [0.29, 0.717) is 18.5 Å². The highest BCUT2D eigenvalue weighted by Gasteiger charge is 2.13. The minimum atomic E-state index is -0.849. The van der Waals surface area contributed by atoms with Gasteiger partial charge in [-0.15, -0.1) is 0 Å². The Morgan fingerprint density at radius 2 is 1.77 bits per heavy atom. The second-order valence-corrected chi connectivity index (χ2v) is 5.00. The zero-order valence-electron chi connectivity index (χ0n) is 12.5. The number of benzene rings is 2. The summed E-state index contributed by atoms with van der Waals surface area (Å²) < 4.78 is 0. The molecule has 4 nitrogen and oxygen atoms in total. The Morgan fingerprint density at radius 3 is 2.41 bits per heavy atom. The van der Waals surface area contributed by atoms with Gasteiger partial charge in [-0.2, -0.15) is 0 Å². The van der Waals surface area contributed by atoms with E-state index in [2.05, 4.69) is 5.32 Å². The molecule has 0 unspecified atom stereocenters. The van der Waals surface area contributed by atoms with E-state index in [0.717, 1.165) is 16.7 Å². The third-order valence-electron chi connectivity index (χ3n) is 3.43. The first-order valence-corrected chi connectivity index (χ1v) is 7.30. The summed E-state index contributed by atoms with van der Waals surface area (Å²) in [4.78, 5) is 22.7. The maximum atomic E-state index is 11.8. The fraction of sp³-hybridized carbons (Fsp3) is 0.222. The zero-order chi connectivity index (χ0) is 15.9. The summed E-state index contributed by atoms with van der Waals surface area (Å²) in [7, 11) is 0. The van der Waals surface area contributed by atoms with Crippen molar-refractivity contribution in [1.29, 1.82) is 0 Å². The normalized spacial score (nSPS) is 10.2. The quantitative estimate of drug-likeness (QED) is 0.854. The highest BCUT2D eigenvalue weighted by Crippen LogP contribution is 2.32. The molecule has 0 saturated carbocycles. The van der Waals surface area contributed by atoms with Crippen LogP contribution in [-0.4, -0.2) is 17.0 Å². The van der Waals surface area contributed by atoms with Gasteiger partial charge in [0.15, 0.2) is 0 Å². The molecule has 0 aromatic heterocycles. The van der Waals surface area contributed by atoms with Gasteiger partial charge in [0.05, 0.1) is 5.69 Å². The van der Waals surface area contributed by atoms with Crippen LogP contribution in [0.1, 0.15) is 25.3 Å². The molecule has 0 aliphatic carbocycles. The van der Waals surface area contributed by atoms with Gasteiger partial charge >= 0.3 is 5.97 Å². The van der Waals surface area contributed by atoms with Crippen molar-refractivity contribution >= 4 is 17.6 Å². The Kier molecular flexibility index (Phi) is 5.31. The first kappa shape index (κ1) is 15.8. The van der Waals surface area contributed by atoms with Crippen LogP contribution >= 0.6 is 0 Å². The van der Waals surface area contributed by atoms with Gasteiger partial charge in [-0.05, 0) is 17.5 Å². The molecular formula is C18H19NO3. The molecule has 0 atom stereocenters. The number of hydrogen-bond donors (Lipinski definition) is 2. The molecule has 0 spiro atoms. The first-order chi connectivity index (χ1) is 10.6. The molecule has 2 N–H and O–H groups in total. The molecule has 2 aromatic carbocycles. The van der Waals surface area contributed by atoms with Crippen LogP contribution in [0.5, 0.6) is 0 Å². The lowest BCUT2D eigenvalue weighted by atomic mass is 9.97. The molecule has 0 saturated heterocycles. The molecule has 0 heterocycles. The fourth-order valence-electron chi connectivity index (χ4n) is 2.28. The predicted molar refractivity (Wildman–Crippen MR) is 86.8 cm³/mol. The van der Waals surface area contributed by atoms with Crippen molar-refractivity contribution in [2.75, 3.05) is 5.32 Å². The lowest BCUT2D eigenvalue weighted by molar-refractivity contribution is -0.136. The Hall–Kier alpha value is -2.62. The fourth-order valence-corrected chi connectivity index (χ4v) is 2.28. The van der Waals surface area contributed by atoms with E-state index >= 15 is 0 Å². The number of anilines is 1. The summed E-state index contributed by atoms with van der Waals surface area (Å²) in [5.74, 6) is -0.933. The second kappa shape index (κ2) is 7.41. The van der Waals surface area contributed by atoms with Crippen LogP contribution in [-0.2, 0) is 16.0 Å². The van der Waals surface area contributed by atoms with E-state index in [1.807, 2.05) is 48.5 Å². The molecule has 0 fully saturated rings. The molecule has 2 rings (SSSR count). The number of aliphatic carboxylic acids is 1. The number of carboxylic acid groups (broad SMARTS) is 1.